The van der Waals surface area contributed by atoms with Gasteiger partial charge in [0.2, 0.25) is 15.9 Å². The third-order valence-electron chi connectivity index (χ3n) is 5.08. The van der Waals surface area contributed by atoms with Gasteiger partial charge in [-0.3, -0.25) is 4.79 Å². The molecule has 7 nitrogen and oxygen atoms in total. The zero-order chi connectivity index (χ0) is 21.6. The lowest BCUT2D eigenvalue weighted by molar-refractivity contribution is -0.126. The Morgan fingerprint density at radius 1 is 1.13 bits per heavy atom. The van der Waals surface area contributed by atoms with Gasteiger partial charge >= 0.3 is 0 Å². The van der Waals surface area contributed by atoms with Crippen molar-refractivity contribution >= 4 is 15.9 Å². The first-order valence-electron chi connectivity index (χ1n) is 10.0. The molecule has 162 valence electrons. The summed E-state index contributed by atoms with van der Waals surface area (Å²) in [6.07, 6.45) is 1.32. The molecule has 1 aliphatic heterocycles. The van der Waals surface area contributed by atoms with Gasteiger partial charge in [-0.1, -0.05) is 18.2 Å². The van der Waals surface area contributed by atoms with Crippen molar-refractivity contribution in [2.75, 3.05) is 26.8 Å². The largest absolute Gasteiger partial charge is 0.497 e. The molecule has 0 aromatic heterocycles. The van der Waals surface area contributed by atoms with Crippen LogP contribution in [0, 0.1) is 5.92 Å². The number of piperidine rings is 1. The summed E-state index contributed by atoms with van der Waals surface area (Å²) in [5.74, 6) is 0.917. The van der Waals surface area contributed by atoms with Crippen molar-refractivity contribution in [1.29, 1.82) is 0 Å². The molecule has 1 aliphatic rings. The monoisotopic (exact) mass is 432 g/mol. The quantitative estimate of drug-likeness (QED) is 0.693. The Morgan fingerprint density at radius 3 is 2.47 bits per heavy atom. The molecule has 2 atom stereocenters. The fraction of sp³-hybridized carbons (Fsp3) is 0.409. The lowest BCUT2D eigenvalue weighted by atomic mass is 9.98. The summed E-state index contributed by atoms with van der Waals surface area (Å²) in [5, 5.41) is 2.94. The second kappa shape index (κ2) is 9.95. The number of methoxy groups -OCH3 is 1. The zero-order valence-electron chi connectivity index (χ0n) is 17.3. The van der Waals surface area contributed by atoms with E-state index in [1.165, 1.54) is 4.31 Å². The van der Waals surface area contributed by atoms with Gasteiger partial charge in [0.1, 0.15) is 18.1 Å². The zero-order valence-corrected chi connectivity index (χ0v) is 18.1. The summed E-state index contributed by atoms with van der Waals surface area (Å²) in [4.78, 5) is 13.0. The van der Waals surface area contributed by atoms with Crippen molar-refractivity contribution in [2.24, 2.45) is 5.92 Å². The number of benzene rings is 2. The van der Waals surface area contributed by atoms with Crippen molar-refractivity contribution in [3.8, 4) is 11.5 Å². The smallest absolute Gasteiger partial charge is 0.243 e. The van der Waals surface area contributed by atoms with Crippen LogP contribution in [0.15, 0.2) is 59.5 Å². The Balaban J connectivity index is 1.53. The number of nitrogens with zero attached hydrogens (tertiary/aromatic N) is 1. The summed E-state index contributed by atoms with van der Waals surface area (Å²) < 4.78 is 37.9. The highest BCUT2D eigenvalue weighted by atomic mass is 32.2. The highest BCUT2D eigenvalue weighted by Crippen LogP contribution is 2.24. The van der Waals surface area contributed by atoms with Crippen LogP contribution < -0.4 is 14.8 Å². The van der Waals surface area contributed by atoms with Gasteiger partial charge in [0.15, 0.2) is 0 Å². The van der Waals surface area contributed by atoms with E-state index in [4.69, 9.17) is 9.47 Å². The summed E-state index contributed by atoms with van der Waals surface area (Å²) in [7, 11) is -1.99. The minimum Gasteiger partial charge on any atom is -0.497 e. The van der Waals surface area contributed by atoms with E-state index in [-0.39, 0.29) is 29.3 Å². The maximum Gasteiger partial charge on any atom is 0.243 e. The molecule has 1 N–H and O–H groups in total. The second-order valence-electron chi connectivity index (χ2n) is 7.41. The molecule has 0 spiro atoms. The number of carbonyl (C=O) groups is 1. The third kappa shape index (κ3) is 5.52. The number of hydrogen-bond acceptors (Lipinski definition) is 5. The molecule has 1 heterocycles. The first kappa shape index (κ1) is 22.1. The molecule has 0 bridgehead atoms. The normalized spacial score (nSPS) is 18.4. The first-order chi connectivity index (χ1) is 14.4. The number of hydrogen-bond donors (Lipinski definition) is 1. The fourth-order valence-corrected chi connectivity index (χ4v) is 4.96. The summed E-state index contributed by atoms with van der Waals surface area (Å²) >= 11 is 0. The van der Waals surface area contributed by atoms with Gasteiger partial charge < -0.3 is 14.8 Å². The van der Waals surface area contributed by atoms with Crippen LogP contribution in [0.4, 0.5) is 0 Å². The Hall–Kier alpha value is -2.58. The first-order valence-corrected chi connectivity index (χ1v) is 11.5. The Kier molecular flexibility index (Phi) is 7.33. The van der Waals surface area contributed by atoms with E-state index in [9.17, 15) is 13.2 Å². The van der Waals surface area contributed by atoms with Crippen molar-refractivity contribution in [2.45, 2.75) is 30.7 Å². The molecular weight excluding hydrogens is 404 g/mol. The van der Waals surface area contributed by atoms with Crippen molar-refractivity contribution in [3.05, 3.63) is 54.6 Å². The van der Waals surface area contributed by atoms with Crippen molar-refractivity contribution in [1.82, 2.24) is 9.62 Å². The van der Waals surface area contributed by atoms with E-state index in [2.05, 4.69) is 5.32 Å². The molecule has 0 radical (unpaired) electrons. The average Bonchev–Trinajstić information content (AvgIpc) is 2.78. The highest BCUT2D eigenvalue weighted by Gasteiger charge is 2.33. The lowest BCUT2D eigenvalue weighted by Crippen LogP contribution is -2.48. The van der Waals surface area contributed by atoms with Crippen LogP contribution in [0.3, 0.4) is 0 Å². The molecule has 3 rings (SSSR count). The van der Waals surface area contributed by atoms with Crippen LogP contribution >= 0.6 is 0 Å². The van der Waals surface area contributed by atoms with Crippen LogP contribution in [-0.4, -0.2) is 51.5 Å². The SMILES string of the molecule is COc1ccc(OC[C@H](C)NC(=O)[C@H]2CCCN(S(=O)(=O)c3ccccc3)C2)cc1. The minimum atomic E-state index is -3.59. The predicted molar refractivity (Wildman–Crippen MR) is 114 cm³/mol. The van der Waals surface area contributed by atoms with Crippen molar-refractivity contribution in [3.63, 3.8) is 0 Å². The van der Waals surface area contributed by atoms with Crippen LogP contribution in [-0.2, 0) is 14.8 Å². The fourth-order valence-electron chi connectivity index (χ4n) is 3.41. The maximum atomic E-state index is 12.8. The number of nitrogens with one attached hydrogen (secondary N) is 1. The average molecular weight is 433 g/mol. The number of rotatable bonds is 8. The van der Waals surface area contributed by atoms with Crippen molar-refractivity contribution < 1.29 is 22.7 Å². The molecule has 0 unspecified atom stereocenters. The Labute approximate surface area is 178 Å². The molecule has 1 saturated heterocycles. The summed E-state index contributed by atoms with van der Waals surface area (Å²) in [5.41, 5.74) is 0. The molecule has 2 aromatic rings. The molecule has 1 fully saturated rings. The molecule has 30 heavy (non-hydrogen) atoms. The van der Waals surface area contributed by atoms with Gasteiger partial charge in [-0.2, -0.15) is 4.31 Å². The van der Waals surface area contributed by atoms with Gasteiger partial charge in [-0.15, -0.1) is 0 Å². The number of sulfonamides is 1. The lowest BCUT2D eigenvalue weighted by Gasteiger charge is -2.31. The summed E-state index contributed by atoms with van der Waals surface area (Å²) in [6.45, 7) is 2.80. The molecule has 8 heteroatoms. The second-order valence-corrected chi connectivity index (χ2v) is 9.35. The van der Waals surface area contributed by atoms with E-state index in [1.807, 2.05) is 19.1 Å². The van der Waals surface area contributed by atoms with E-state index in [0.29, 0.717) is 31.7 Å². The number of ether oxygens (including phenoxy) is 2. The van der Waals surface area contributed by atoms with Gasteiger partial charge in [-0.25, -0.2) is 8.42 Å². The van der Waals surface area contributed by atoms with Crippen LogP contribution in [0.25, 0.3) is 0 Å². The minimum absolute atomic E-state index is 0.145. The third-order valence-corrected chi connectivity index (χ3v) is 6.96. The van der Waals surface area contributed by atoms with Gasteiger partial charge in [0.25, 0.3) is 0 Å². The highest BCUT2D eigenvalue weighted by molar-refractivity contribution is 7.89. The molecule has 0 saturated carbocycles. The summed E-state index contributed by atoms with van der Waals surface area (Å²) in [6, 6.07) is 15.4. The Morgan fingerprint density at radius 2 is 1.80 bits per heavy atom. The number of carbonyl (C=O) groups excluding carboxylic acids is 1. The van der Waals surface area contributed by atoms with E-state index in [0.717, 1.165) is 5.75 Å². The van der Waals surface area contributed by atoms with Gasteiger partial charge in [0, 0.05) is 13.1 Å². The Bertz CT molecular complexity index is 932. The molecular formula is C22H28N2O5S. The standard InChI is InChI=1S/C22H28N2O5S/c1-17(16-29-20-12-10-19(28-2)11-13-20)23-22(25)18-7-6-14-24(15-18)30(26,27)21-8-4-3-5-9-21/h3-5,8-13,17-18H,6-7,14-16H2,1-2H3,(H,23,25)/t17-,18-/m0/s1. The van der Waals surface area contributed by atoms with Crippen LogP contribution in [0.2, 0.25) is 0 Å². The topological polar surface area (TPSA) is 84.9 Å². The predicted octanol–water partition coefficient (Wildman–Crippen LogP) is 2.68. The number of amides is 1. The van der Waals surface area contributed by atoms with E-state index in [1.54, 1.807) is 49.6 Å². The van der Waals surface area contributed by atoms with Gasteiger partial charge in [0.05, 0.1) is 24.0 Å². The molecule has 1 amide bonds. The van der Waals surface area contributed by atoms with Crippen LogP contribution in [0.1, 0.15) is 19.8 Å². The van der Waals surface area contributed by atoms with Crippen LogP contribution in [0.5, 0.6) is 11.5 Å². The molecule has 2 aromatic carbocycles. The van der Waals surface area contributed by atoms with E-state index < -0.39 is 10.0 Å². The maximum absolute atomic E-state index is 12.8. The van der Waals surface area contributed by atoms with E-state index >= 15 is 0 Å². The van der Waals surface area contributed by atoms with Gasteiger partial charge in [-0.05, 0) is 56.2 Å². The molecule has 0 aliphatic carbocycles.